The van der Waals surface area contributed by atoms with Crippen LogP contribution >= 0.6 is 0 Å². The summed E-state index contributed by atoms with van der Waals surface area (Å²) in [6.07, 6.45) is 4.69. The number of hydrogen-bond donors (Lipinski definition) is 2. The Kier molecular flexibility index (Phi) is 2.48. The van der Waals surface area contributed by atoms with Gasteiger partial charge in [0.2, 0.25) is 0 Å². The van der Waals surface area contributed by atoms with E-state index in [1.165, 1.54) is 12.8 Å². The molecule has 3 rings (SSSR count). The largest absolute Gasteiger partial charge is 0.389 e. The summed E-state index contributed by atoms with van der Waals surface area (Å²) in [4.78, 5) is 0. The van der Waals surface area contributed by atoms with Crippen LogP contribution in [0.15, 0.2) is 10.6 Å². The molecule has 1 saturated carbocycles. The minimum atomic E-state index is -0.580. The maximum Gasteiger partial charge on any atom is 0.140 e. The van der Waals surface area contributed by atoms with Crippen LogP contribution in [-0.2, 0) is 6.42 Å². The molecule has 4 heteroatoms. The molecule has 0 radical (unpaired) electrons. The van der Waals surface area contributed by atoms with Crippen LogP contribution in [-0.4, -0.2) is 29.0 Å². The average Bonchev–Trinajstić information content (AvgIpc) is 3.02. The molecular formula is C12H18N2O2. The van der Waals surface area contributed by atoms with Gasteiger partial charge in [0.05, 0.1) is 11.3 Å². The van der Waals surface area contributed by atoms with Crippen LogP contribution < -0.4 is 5.32 Å². The summed E-state index contributed by atoms with van der Waals surface area (Å²) in [5.74, 6) is 1.61. The van der Waals surface area contributed by atoms with Gasteiger partial charge in [-0.3, -0.25) is 0 Å². The van der Waals surface area contributed by atoms with E-state index in [0.29, 0.717) is 12.3 Å². The van der Waals surface area contributed by atoms with Crippen molar-refractivity contribution in [1.82, 2.24) is 10.5 Å². The van der Waals surface area contributed by atoms with Crippen molar-refractivity contribution >= 4 is 0 Å². The molecule has 1 aromatic rings. The zero-order valence-electron chi connectivity index (χ0n) is 9.41. The molecule has 4 nitrogen and oxygen atoms in total. The lowest BCUT2D eigenvalue weighted by atomic mass is 9.88. The fraction of sp³-hybridized carbons (Fsp3) is 0.750. The molecule has 2 heterocycles. The van der Waals surface area contributed by atoms with Crippen LogP contribution in [0.3, 0.4) is 0 Å². The smallest absolute Gasteiger partial charge is 0.140 e. The highest BCUT2D eigenvalue weighted by Gasteiger charge is 2.32. The molecule has 2 fully saturated rings. The third-order valence-electron chi connectivity index (χ3n) is 3.60. The van der Waals surface area contributed by atoms with Gasteiger partial charge in [0.25, 0.3) is 0 Å². The van der Waals surface area contributed by atoms with E-state index in [2.05, 4.69) is 10.5 Å². The lowest BCUT2D eigenvalue weighted by Crippen LogP contribution is -2.43. The number of aromatic nitrogens is 1. The quantitative estimate of drug-likeness (QED) is 0.807. The Morgan fingerprint density at radius 2 is 2.19 bits per heavy atom. The molecule has 0 aromatic carbocycles. The van der Waals surface area contributed by atoms with E-state index < -0.39 is 5.60 Å². The third kappa shape index (κ3) is 2.13. The number of rotatable bonds is 3. The van der Waals surface area contributed by atoms with Gasteiger partial charge >= 0.3 is 0 Å². The van der Waals surface area contributed by atoms with E-state index in [9.17, 15) is 5.11 Å². The van der Waals surface area contributed by atoms with E-state index in [1.807, 2.05) is 6.07 Å². The summed E-state index contributed by atoms with van der Waals surface area (Å²) in [5.41, 5.74) is 0.328. The zero-order valence-corrected chi connectivity index (χ0v) is 9.41. The SMILES string of the molecule is OC1(Cc2cc(C3CC3)on2)CCNCC1. The normalized spacial score (nSPS) is 24.6. The van der Waals surface area contributed by atoms with Gasteiger partial charge < -0.3 is 14.9 Å². The number of hydrogen-bond acceptors (Lipinski definition) is 4. The predicted octanol–water partition coefficient (Wildman–Crippen LogP) is 1.21. The minimum Gasteiger partial charge on any atom is -0.389 e. The fourth-order valence-electron chi connectivity index (χ4n) is 2.38. The highest BCUT2D eigenvalue weighted by Crippen LogP contribution is 2.40. The summed E-state index contributed by atoms with van der Waals surface area (Å²) in [7, 11) is 0. The first-order chi connectivity index (χ1) is 7.75. The van der Waals surface area contributed by atoms with Crippen molar-refractivity contribution in [2.45, 2.75) is 43.6 Å². The Hall–Kier alpha value is -0.870. The highest BCUT2D eigenvalue weighted by molar-refractivity contribution is 5.16. The van der Waals surface area contributed by atoms with Crippen molar-refractivity contribution in [3.8, 4) is 0 Å². The first kappa shape index (κ1) is 10.3. The fourth-order valence-corrected chi connectivity index (χ4v) is 2.38. The molecule has 0 bridgehead atoms. The van der Waals surface area contributed by atoms with Crippen LogP contribution in [0.1, 0.15) is 43.1 Å². The number of aliphatic hydroxyl groups is 1. The van der Waals surface area contributed by atoms with Crippen molar-refractivity contribution in [1.29, 1.82) is 0 Å². The van der Waals surface area contributed by atoms with Crippen LogP contribution in [0.4, 0.5) is 0 Å². The summed E-state index contributed by atoms with van der Waals surface area (Å²) in [6.45, 7) is 1.79. The maximum atomic E-state index is 10.4. The first-order valence-corrected chi connectivity index (χ1v) is 6.14. The molecular weight excluding hydrogens is 204 g/mol. The van der Waals surface area contributed by atoms with Crippen molar-refractivity contribution in [3.63, 3.8) is 0 Å². The Bertz CT molecular complexity index is 365. The Morgan fingerprint density at radius 3 is 2.88 bits per heavy atom. The second kappa shape index (κ2) is 3.86. The van der Waals surface area contributed by atoms with Crippen molar-refractivity contribution in [3.05, 3.63) is 17.5 Å². The molecule has 1 aromatic heterocycles. The van der Waals surface area contributed by atoms with Crippen LogP contribution in [0, 0.1) is 0 Å². The second-order valence-corrected chi connectivity index (χ2v) is 5.15. The Balaban J connectivity index is 1.67. The van der Waals surface area contributed by atoms with Crippen LogP contribution in [0.2, 0.25) is 0 Å². The second-order valence-electron chi connectivity index (χ2n) is 5.15. The molecule has 88 valence electrons. The summed E-state index contributed by atoms with van der Waals surface area (Å²) >= 11 is 0. The average molecular weight is 222 g/mol. The number of nitrogens with zero attached hydrogens (tertiary/aromatic N) is 1. The molecule has 0 spiro atoms. The maximum absolute atomic E-state index is 10.4. The van der Waals surface area contributed by atoms with Gasteiger partial charge in [-0.05, 0) is 38.8 Å². The van der Waals surface area contributed by atoms with Crippen LogP contribution in [0.25, 0.3) is 0 Å². The van der Waals surface area contributed by atoms with Gasteiger partial charge in [-0.2, -0.15) is 0 Å². The minimum absolute atomic E-state index is 0.580. The van der Waals surface area contributed by atoms with Gasteiger partial charge in [0.1, 0.15) is 5.76 Å². The van der Waals surface area contributed by atoms with Crippen molar-refractivity contribution in [2.24, 2.45) is 0 Å². The molecule has 0 atom stereocenters. The van der Waals surface area contributed by atoms with Gasteiger partial charge in [0, 0.05) is 18.4 Å². The van der Waals surface area contributed by atoms with E-state index in [0.717, 1.165) is 37.4 Å². The molecule has 2 N–H and O–H groups in total. The Labute approximate surface area is 95.0 Å². The summed E-state index contributed by atoms with van der Waals surface area (Å²) in [5, 5.41) is 17.7. The number of nitrogens with one attached hydrogen (secondary N) is 1. The zero-order chi connectivity index (χ0) is 11.0. The standard InChI is InChI=1S/C12H18N2O2/c15-12(3-5-13-6-4-12)8-10-7-11(16-14-10)9-1-2-9/h7,9,13,15H,1-6,8H2. The van der Waals surface area contributed by atoms with Crippen LogP contribution in [0.5, 0.6) is 0 Å². The lowest BCUT2D eigenvalue weighted by molar-refractivity contribution is 0.00942. The van der Waals surface area contributed by atoms with Gasteiger partial charge in [0.15, 0.2) is 0 Å². The molecule has 16 heavy (non-hydrogen) atoms. The van der Waals surface area contributed by atoms with Gasteiger partial charge in [-0.1, -0.05) is 5.16 Å². The molecule has 0 amide bonds. The predicted molar refractivity (Wildman–Crippen MR) is 59.2 cm³/mol. The third-order valence-corrected chi connectivity index (χ3v) is 3.60. The molecule has 1 aliphatic carbocycles. The summed E-state index contributed by atoms with van der Waals surface area (Å²) < 4.78 is 5.30. The van der Waals surface area contributed by atoms with Gasteiger partial charge in [-0.15, -0.1) is 0 Å². The van der Waals surface area contributed by atoms with E-state index in [1.54, 1.807) is 0 Å². The molecule has 0 unspecified atom stereocenters. The Morgan fingerprint density at radius 1 is 1.44 bits per heavy atom. The molecule has 1 aliphatic heterocycles. The van der Waals surface area contributed by atoms with Crippen molar-refractivity contribution < 1.29 is 9.63 Å². The van der Waals surface area contributed by atoms with E-state index >= 15 is 0 Å². The molecule has 1 saturated heterocycles. The monoisotopic (exact) mass is 222 g/mol. The lowest BCUT2D eigenvalue weighted by Gasteiger charge is -2.31. The first-order valence-electron chi connectivity index (χ1n) is 6.14. The molecule has 2 aliphatic rings. The van der Waals surface area contributed by atoms with E-state index in [4.69, 9.17) is 4.52 Å². The topological polar surface area (TPSA) is 58.3 Å². The van der Waals surface area contributed by atoms with E-state index in [-0.39, 0.29) is 0 Å². The summed E-state index contributed by atoms with van der Waals surface area (Å²) in [6, 6.07) is 2.03. The van der Waals surface area contributed by atoms with Gasteiger partial charge in [-0.25, -0.2) is 0 Å². The highest BCUT2D eigenvalue weighted by atomic mass is 16.5. The van der Waals surface area contributed by atoms with Crippen molar-refractivity contribution in [2.75, 3.05) is 13.1 Å². The number of piperidine rings is 1.